The first-order valence-corrected chi connectivity index (χ1v) is 7.65. The lowest BCUT2D eigenvalue weighted by Gasteiger charge is -2.46. The quantitative estimate of drug-likeness (QED) is 0.848. The Morgan fingerprint density at radius 1 is 1.32 bits per heavy atom. The third-order valence-corrected chi connectivity index (χ3v) is 4.97. The molecule has 0 heterocycles. The Bertz CT molecular complexity index is 527. The van der Waals surface area contributed by atoms with Crippen LogP contribution in [0.1, 0.15) is 45.6 Å². The Kier molecular flexibility index (Phi) is 4.49. The van der Waals surface area contributed by atoms with Crippen molar-refractivity contribution in [1.82, 2.24) is 0 Å². The highest BCUT2D eigenvalue weighted by Crippen LogP contribution is 2.45. The van der Waals surface area contributed by atoms with Crippen molar-refractivity contribution >= 4 is 5.69 Å². The number of halogens is 3. The lowest BCUT2D eigenvalue weighted by molar-refractivity contribution is -0.137. The number of hydrogen-bond donors (Lipinski definition) is 2. The zero-order valence-corrected chi connectivity index (χ0v) is 13.3. The van der Waals surface area contributed by atoms with Crippen LogP contribution in [-0.4, -0.2) is 17.3 Å². The summed E-state index contributed by atoms with van der Waals surface area (Å²) < 4.78 is 38.1. The fourth-order valence-electron chi connectivity index (χ4n) is 3.21. The molecular weight excluding hydrogens is 291 g/mol. The molecule has 1 aromatic rings. The van der Waals surface area contributed by atoms with Gasteiger partial charge in [0.25, 0.3) is 0 Å². The maximum Gasteiger partial charge on any atom is 0.416 e. The molecule has 0 spiro atoms. The van der Waals surface area contributed by atoms with Crippen molar-refractivity contribution in [2.75, 3.05) is 11.9 Å². The van der Waals surface area contributed by atoms with Crippen LogP contribution >= 0.6 is 0 Å². The third-order valence-electron chi connectivity index (χ3n) is 4.97. The maximum absolute atomic E-state index is 12.7. The van der Waals surface area contributed by atoms with E-state index in [9.17, 15) is 18.3 Å². The first-order chi connectivity index (χ1) is 10.0. The predicted molar refractivity (Wildman–Crippen MR) is 81.7 cm³/mol. The summed E-state index contributed by atoms with van der Waals surface area (Å²) >= 11 is 0. The van der Waals surface area contributed by atoms with E-state index in [-0.39, 0.29) is 12.0 Å². The van der Waals surface area contributed by atoms with Crippen molar-refractivity contribution in [3.63, 3.8) is 0 Å². The zero-order chi connectivity index (χ0) is 16.6. The van der Waals surface area contributed by atoms with Crippen molar-refractivity contribution in [3.05, 3.63) is 29.8 Å². The SMILES string of the molecule is CC1CCC(O)(CNc2cccc(C(F)(F)F)c2)CC1(C)C. The van der Waals surface area contributed by atoms with E-state index in [4.69, 9.17) is 0 Å². The van der Waals surface area contributed by atoms with Crippen molar-refractivity contribution in [2.45, 2.75) is 51.8 Å². The fraction of sp³-hybridized carbons (Fsp3) is 0.647. The molecule has 1 aromatic carbocycles. The van der Waals surface area contributed by atoms with E-state index >= 15 is 0 Å². The Morgan fingerprint density at radius 2 is 2.00 bits per heavy atom. The normalized spacial score (nSPS) is 28.4. The van der Waals surface area contributed by atoms with Crippen LogP contribution < -0.4 is 5.32 Å². The summed E-state index contributed by atoms with van der Waals surface area (Å²) in [4.78, 5) is 0. The molecule has 2 N–H and O–H groups in total. The molecule has 5 heteroatoms. The van der Waals surface area contributed by atoms with Gasteiger partial charge in [-0.1, -0.05) is 26.8 Å². The van der Waals surface area contributed by atoms with Crippen molar-refractivity contribution in [2.24, 2.45) is 11.3 Å². The number of rotatable bonds is 3. The van der Waals surface area contributed by atoms with Crippen molar-refractivity contribution in [3.8, 4) is 0 Å². The summed E-state index contributed by atoms with van der Waals surface area (Å²) in [6.45, 7) is 6.71. The van der Waals surface area contributed by atoms with E-state index < -0.39 is 17.3 Å². The number of benzene rings is 1. The van der Waals surface area contributed by atoms with Crippen LogP contribution in [0.2, 0.25) is 0 Å². The summed E-state index contributed by atoms with van der Waals surface area (Å²) in [6.07, 6.45) is -2.11. The minimum Gasteiger partial charge on any atom is -0.388 e. The predicted octanol–water partition coefficient (Wildman–Crippen LogP) is 4.69. The second-order valence-corrected chi connectivity index (χ2v) is 7.26. The molecule has 1 aliphatic carbocycles. The van der Waals surface area contributed by atoms with Gasteiger partial charge in [0.15, 0.2) is 0 Å². The monoisotopic (exact) mass is 315 g/mol. The van der Waals surface area contributed by atoms with Gasteiger partial charge in [-0.3, -0.25) is 0 Å². The molecule has 2 nitrogen and oxygen atoms in total. The molecular formula is C17H24F3NO. The summed E-state index contributed by atoms with van der Waals surface area (Å²) in [5.74, 6) is 0.529. The second kappa shape index (κ2) is 5.76. The summed E-state index contributed by atoms with van der Waals surface area (Å²) in [5, 5.41) is 13.7. The standard InChI is InChI=1S/C17H24F3NO/c1-12-7-8-16(22,10-15(12,2)3)11-21-14-6-4-5-13(9-14)17(18,19)20/h4-6,9,12,21-22H,7-8,10-11H2,1-3H3. The van der Waals surface area contributed by atoms with Gasteiger partial charge >= 0.3 is 6.18 Å². The van der Waals surface area contributed by atoms with Crippen LogP contribution in [0.25, 0.3) is 0 Å². The minimum atomic E-state index is -4.35. The summed E-state index contributed by atoms with van der Waals surface area (Å²) in [6, 6.07) is 5.10. The average Bonchev–Trinajstić information content (AvgIpc) is 2.40. The van der Waals surface area contributed by atoms with Crippen molar-refractivity contribution in [1.29, 1.82) is 0 Å². The topological polar surface area (TPSA) is 32.3 Å². The van der Waals surface area contributed by atoms with Crippen LogP contribution in [0.4, 0.5) is 18.9 Å². The van der Waals surface area contributed by atoms with Gasteiger partial charge in [-0.05, 0) is 48.8 Å². The molecule has 0 aromatic heterocycles. The Morgan fingerprint density at radius 3 is 2.59 bits per heavy atom. The number of alkyl halides is 3. The molecule has 2 rings (SSSR count). The molecule has 0 amide bonds. The fourth-order valence-corrected chi connectivity index (χ4v) is 3.21. The average molecular weight is 315 g/mol. The molecule has 0 bridgehead atoms. The molecule has 1 saturated carbocycles. The van der Waals surface area contributed by atoms with Crippen LogP contribution in [0.3, 0.4) is 0 Å². The van der Waals surface area contributed by atoms with Gasteiger partial charge in [0, 0.05) is 12.2 Å². The van der Waals surface area contributed by atoms with Gasteiger partial charge in [0.1, 0.15) is 0 Å². The van der Waals surface area contributed by atoms with Gasteiger partial charge in [-0.15, -0.1) is 0 Å². The van der Waals surface area contributed by atoms with E-state index in [2.05, 4.69) is 26.1 Å². The van der Waals surface area contributed by atoms with Gasteiger partial charge in [0.05, 0.1) is 11.2 Å². The molecule has 22 heavy (non-hydrogen) atoms. The van der Waals surface area contributed by atoms with Crippen LogP contribution in [0.15, 0.2) is 24.3 Å². The summed E-state index contributed by atoms with van der Waals surface area (Å²) in [7, 11) is 0. The lowest BCUT2D eigenvalue weighted by Crippen LogP contribution is -2.47. The highest BCUT2D eigenvalue weighted by molar-refractivity contribution is 5.46. The number of anilines is 1. The van der Waals surface area contributed by atoms with E-state index in [1.54, 1.807) is 6.07 Å². The second-order valence-electron chi connectivity index (χ2n) is 7.26. The van der Waals surface area contributed by atoms with E-state index in [0.29, 0.717) is 24.4 Å². The molecule has 0 radical (unpaired) electrons. The molecule has 0 saturated heterocycles. The molecule has 2 unspecified atom stereocenters. The maximum atomic E-state index is 12.7. The summed E-state index contributed by atoms with van der Waals surface area (Å²) in [5.41, 5.74) is -1.13. The Hall–Kier alpha value is -1.23. The van der Waals surface area contributed by atoms with Crippen LogP contribution in [-0.2, 0) is 6.18 Å². The first-order valence-electron chi connectivity index (χ1n) is 7.65. The van der Waals surface area contributed by atoms with E-state index in [0.717, 1.165) is 18.6 Å². The highest BCUT2D eigenvalue weighted by Gasteiger charge is 2.42. The Labute approximate surface area is 129 Å². The van der Waals surface area contributed by atoms with Gasteiger partial charge < -0.3 is 10.4 Å². The number of aliphatic hydroxyl groups is 1. The van der Waals surface area contributed by atoms with Gasteiger partial charge in [0.2, 0.25) is 0 Å². The smallest absolute Gasteiger partial charge is 0.388 e. The van der Waals surface area contributed by atoms with Crippen LogP contribution in [0, 0.1) is 11.3 Å². The molecule has 124 valence electrons. The van der Waals surface area contributed by atoms with Gasteiger partial charge in [-0.25, -0.2) is 0 Å². The zero-order valence-electron chi connectivity index (χ0n) is 13.3. The highest BCUT2D eigenvalue weighted by atomic mass is 19.4. The van der Waals surface area contributed by atoms with Crippen molar-refractivity contribution < 1.29 is 18.3 Å². The van der Waals surface area contributed by atoms with E-state index in [1.165, 1.54) is 6.07 Å². The Balaban J connectivity index is 2.04. The lowest BCUT2D eigenvalue weighted by atomic mass is 9.64. The largest absolute Gasteiger partial charge is 0.416 e. The number of hydrogen-bond acceptors (Lipinski definition) is 2. The molecule has 1 fully saturated rings. The van der Waals surface area contributed by atoms with Crippen LogP contribution in [0.5, 0.6) is 0 Å². The third kappa shape index (κ3) is 3.94. The number of nitrogens with one attached hydrogen (secondary N) is 1. The molecule has 2 atom stereocenters. The molecule has 0 aliphatic heterocycles. The first kappa shape index (κ1) is 17.1. The molecule has 1 aliphatic rings. The van der Waals surface area contributed by atoms with E-state index in [1.807, 2.05) is 0 Å². The minimum absolute atomic E-state index is 0.0303. The van der Waals surface area contributed by atoms with Gasteiger partial charge in [-0.2, -0.15) is 13.2 Å².